The summed E-state index contributed by atoms with van der Waals surface area (Å²) in [5.74, 6) is 0.0887. The first-order valence-electron chi connectivity index (χ1n) is 7.38. The first-order chi connectivity index (χ1) is 11.5. The summed E-state index contributed by atoms with van der Waals surface area (Å²) in [5, 5.41) is 9.68. The standard InChI is InChI=1S/C18H16Cl2N2O2/c1-13(24-17-12-14(19)8-9-16(17)20)18(23)22(11-5-10-21)15-6-3-2-4-7-15/h2-4,6-9,12-13H,5,11H2,1H3. The largest absolute Gasteiger partial charge is 0.479 e. The third kappa shape index (κ3) is 4.64. The number of carbonyl (C=O) groups excluding carboxylic acids is 1. The van der Waals surface area contributed by atoms with Crippen molar-refractivity contribution in [3.63, 3.8) is 0 Å². The van der Waals surface area contributed by atoms with Gasteiger partial charge < -0.3 is 9.64 Å². The number of rotatable bonds is 6. The zero-order valence-corrected chi connectivity index (χ0v) is 14.6. The molecule has 0 aliphatic rings. The van der Waals surface area contributed by atoms with Crippen LogP contribution in [0.1, 0.15) is 13.3 Å². The van der Waals surface area contributed by atoms with Crippen LogP contribution in [0.2, 0.25) is 10.0 Å². The Labute approximate surface area is 151 Å². The topological polar surface area (TPSA) is 53.3 Å². The molecule has 1 amide bonds. The van der Waals surface area contributed by atoms with Crippen LogP contribution in [0.25, 0.3) is 0 Å². The van der Waals surface area contributed by atoms with Crippen LogP contribution >= 0.6 is 23.2 Å². The Morgan fingerprint density at radius 2 is 1.96 bits per heavy atom. The first-order valence-corrected chi connectivity index (χ1v) is 8.13. The molecule has 24 heavy (non-hydrogen) atoms. The van der Waals surface area contributed by atoms with Crippen molar-refractivity contribution < 1.29 is 9.53 Å². The van der Waals surface area contributed by atoms with Gasteiger partial charge in [-0.25, -0.2) is 0 Å². The van der Waals surface area contributed by atoms with E-state index in [0.29, 0.717) is 21.5 Å². The minimum Gasteiger partial charge on any atom is -0.479 e. The highest BCUT2D eigenvalue weighted by Crippen LogP contribution is 2.29. The molecule has 2 aromatic rings. The van der Waals surface area contributed by atoms with Crippen molar-refractivity contribution in [3.8, 4) is 11.8 Å². The van der Waals surface area contributed by atoms with Crippen molar-refractivity contribution in [3.05, 3.63) is 58.6 Å². The number of nitrogens with zero attached hydrogens (tertiary/aromatic N) is 2. The quantitative estimate of drug-likeness (QED) is 0.747. The molecule has 4 nitrogen and oxygen atoms in total. The maximum absolute atomic E-state index is 12.8. The van der Waals surface area contributed by atoms with Crippen molar-refractivity contribution in [1.29, 1.82) is 5.26 Å². The van der Waals surface area contributed by atoms with Gasteiger partial charge in [-0.1, -0.05) is 41.4 Å². The third-order valence-electron chi connectivity index (χ3n) is 3.33. The first kappa shape index (κ1) is 18.1. The normalized spacial score (nSPS) is 11.4. The average molecular weight is 363 g/mol. The van der Waals surface area contributed by atoms with Gasteiger partial charge in [0.25, 0.3) is 5.91 Å². The molecule has 0 fully saturated rings. The highest BCUT2D eigenvalue weighted by molar-refractivity contribution is 6.34. The molecule has 0 heterocycles. The summed E-state index contributed by atoms with van der Waals surface area (Å²) in [7, 11) is 0. The van der Waals surface area contributed by atoms with E-state index in [1.165, 1.54) is 4.90 Å². The molecule has 6 heteroatoms. The Balaban J connectivity index is 2.19. The maximum Gasteiger partial charge on any atom is 0.267 e. The second kappa shape index (κ2) is 8.58. The number of halogens is 2. The van der Waals surface area contributed by atoms with E-state index in [9.17, 15) is 4.79 Å². The molecule has 0 N–H and O–H groups in total. The van der Waals surface area contributed by atoms with Crippen LogP contribution in [0.15, 0.2) is 48.5 Å². The highest BCUT2D eigenvalue weighted by Gasteiger charge is 2.24. The molecule has 0 aliphatic heterocycles. The van der Waals surface area contributed by atoms with E-state index >= 15 is 0 Å². The molecule has 1 atom stereocenters. The fraction of sp³-hybridized carbons (Fsp3) is 0.222. The average Bonchev–Trinajstić information content (AvgIpc) is 2.59. The number of carbonyl (C=O) groups is 1. The molecule has 0 saturated carbocycles. The molecule has 0 aromatic heterocycles. The number of anilines is 1. The number of nitriles is 1. The zero-order valence-electron chi connectivity index (χ0n) is 13.1. The van der Waals surface area contributed by atoms with Gasteiger partial charge in [0, 0.05) is 23.3 Å². The van der Waals surface area contributed by atoms with Gasteiger partial charge in [0.1, 0.15) is 5.75 Å². The van der Waals surface area contributed by atoms with Gasteiger partial charge >= 0.3 is 0 Å². The lowest BCUT2D eigenvalue weighted by Crippen LogP contribution is -2.41. The molecule has 0 bridgehead atoms. The minimum absolute atomic E-state index is 0.227. The maximum atomic E-state index is 12.8. The summed E-state index contributed by atoms with van der Waals surface area (Å²) in [4.78, 5) is 14.3. The van der Waals surface area contributed by atoms with E-state index in [1.54, 1.807) is 25.1 Å². The predicted molar refractivity (Wildman–Crippen MR) is 95.6 cm³/mol. The summed E-state index contributed by atoms with van der Waals surface area (Å²) in [5.41, 5.74) is 0.713. The number of para-hydroxylation sites is 1. The number of benzene rings is 2. The Bertz CT molecular complexity index is 744. The van der Waals surface area contributed by atoms with Gasteiger partial charge in [0.05, 0.1) is 17.5 Å². The molecule has 0 radical (unpaired) electrons. The lowest BCUT2D eigenvalue weighted by molar-refractivity contribution is -0.124. The Hall–Kier alpha value is -2.22. The van der Waals surface area contributed by atoms with E-state index in [0.717, 1.165) is 0 Å². The summed E-state index contributed by atoms with van der Waals surface area (Å²) in [6, 6.07) is 16.0. The van der Waals surface area contributed by atoms with Crippen LogP contribution < -0.4 is 9.64 Å². The Kier molecular flexibility index (Phi) is 6.48. The van der Waals surface area contributed by atoms with E-state index in [1.807, 2.05) is 30.3 Å². The van der Waals surface area contributed by atoms with Crippen molar-refractivity contribution in [2.45, 2.75) is 19.4 Å². The highest BCUT2D eigenvalue weighted by atomic mass is 35.5. The predicted octanol–water partition coefficient (Wildman–Crippen LogP) is 4.71. The number of ether oxygens (including phenoxy) is 1. The molecule has 0 spiro atoms. The van der Waals surface area contributed by atoms with Gasteiger partial charge in [-0.3, -0.25) is 4.79 Å². The lowest BCUT2D eigenvalue weighted by atomic mass is 10.2. The summed E-state index contributed by atoms with van der Waals surface area (Å²) >= 11 is 12.0. The van der Waals surface area contributed by atoms with E-state index in [-0.39, 0.29) is 18.9 Å². The number of hydrogen-bond donors (Lipinski definition) is 0. The van der Waals surface area contributed by atoms with Gasteiger partial charge in [-0.15, -0.1) is 0 Å². The van der Waals surface area contributed by atoms with E-state index in [2.05, 4.69) is 6.07 Å². The van der Waals surface area contributed by atoms with Gasteiger partial charge in [-0.05, 0) is 31.2 Å². The van der Waals surface area contributed by atoms with E-state index < -0.39 is 6.10 Å². The fourth-order valence-electron chi connectivity index (χ4n) is 2.16. The lowest BCUT2D eigenvalue weighted by Gasteiger charge is -2.25. The van der Waals surface area contributed by atoms with Crippen LogP contribution in [0.5, 0.6) is 5.75 Å². The smallest absolute Gasteiger partial charge is 0.267 e. The monoisotopic (exact) mass is 362 g/mol. The van der Waals surface area contributed by atoms with Gasteiger partial charge in [0.2, 0.25) is 0 Å². The van der Waals surface area contributed by atoms with Crippen LogP contribution in [0.4, 0.5) is 5.69 Å². The molecule has 1 unspecified atom stereocenters. The number of amides is 1. The van der Waals surface area contributed by atoms with Crippen molar-refractivity contribution >= 4 is 34.8 Å². The van der Waals surface area contributed by atoms with Gasteiger partial charge in [0.15, 0.2) is 6.10 Å². The van der Waals surface area contributed by atoms with Crippen LogP contribution in [0.3, 0.4) is 0 Å². The summed E-state index contributed by atoms with van der Waals surface area (Å²) < 4.78 is 5.68. The van der Waals surface area contributed by atoms with Crippen LogP contribution in [-0.4, -0.2) is 18.6 Å². The van der Waals surface area contributed by atoms with Crippen LogP contribution in [-0.2, 0) is 4.79 Å². The second-order valence-corrected chi connectivity index (χ2v) is 5.91. The molecular formula is C18H16Cl2N2O2. The van der Waals surface area contributed by atoms with Crippen molar-refractivity contribution in [1.82, 2.24) is 0 Å². The third-order valence-corrected chi connectivity index (χ3v) is 3.87. The van der Waals surface area contributed by atoms with E-state index in [4.69, 9.17) is 33.2 Å². The van der Waals surface area contributed by atoms with Crippen molar-refractivity contribution in [2.75, 3.05) is 11.4 Å². The Morgan fingerprint density at radius 3 is 2.62 bits per heavy atom. The molecule has 2 aromatic carbocycles. The fourth-order valence-corrected chi connectivity index (χ4v) is 2.49. The Morgan fingerprint density at radius 1 is 1.25 bits per heavy atom. The SMILES string of the molecule is CC(Oc1cc(Cl)ccc1Cl)C(=O)N(CCC#N)c1ccccc1. The molecular weight excluding hydrogens is 347 g/mol. The summed E-state index contributed by atoms with van der Waals surface area (Å²) in [6.45, 7) is 1.93. The molecule has 2 rings (SSSR count). The molecule has 0 aliphatic carbocycles. The van der Waals surface area contributed by atoms with Crippen LogP contribution in [0, 0.1) is 11.3 Å². The van der Waals surface area contributed by atoms with Crippen molar-refractivity contribution in [2.24, 2.45) is 0 Å². The molecule has 0 saturated heterocycles. The molecule has 124 valence electrons. The number of hydrogen-bond acceptors (Lipinski definition) is 3. The minimum atomic E-state index is -0.778. The van der Waals surface area contributed by atoms with Gasteiger partial charge in [-0.2, -0.15) is 5.26 Å². The second-order valence-electron chi connectivity index (χ2n) is 5.07. The zero-order chi connectivity index (χ0) is 17.5. The summed E-state index contributed by atoms with van der Waals surface area (Å²) in [6.07, 6.45) is -0.550.